The van der Waals surface area contributed by atoms with Crippen molar-refractivity contribution < 1.29 is 0 Å². The highest BCUT2D eigenvalue weighted by Gasteiger charge is 2.34. The highest BCUT2D eigenvalue weighted by molar-refractivity contribution is 5.46. The van der Waals surface area contributed by atoms with Gasteiger partial charge in [0, 0.05) is 11.9 Å². The van der Waals surface area contributed by atoms with Gasteiger partial charge in [-0.05, 0) is 53.7 Å². The molecular formula is C16H25N. The summed E-state index contributed by atoms with van der Waals surface area (Å²) in [4.78, 5) is 4.62. The predicted octanol–water partition coefficient (Wildman–Crippen LogP) is 4.76. The highest BCUT2D eigenvalue weighted by atomic mass is 14.7. The number of rotatable bonds is 2. The minimum absolute atomic E-state index is 0.586. The summed E-state index contributed by atoms with van der Waals surface area (Å²) in [5, 5.41) is 0. The monoisotopic (exact) mass is 231 g/mol. The lowest BCUT2D eigenvalue weighted by atomic mass is 9.84. The molecule has 0 radical (unpaired) electrons. The van der Waals surface area contributed by atoms with Crippen LogP contribution in [0.3, 0.4) is 0 Å². The maximum absolute atomic E-state index is 4.62. The molecule has 0 saturated carbocycles. The maximum Gasteiger partial charge on any atom is 0.0410 e. The third-order valence-electron chi connectivity index (χ3n) is 4.29. The first-order chi connectivity index (χ1) is 7.93. The minimum Gasteiger partial charge on any atom is -0.261 e. The Bertz CT molecular complexity index is 418. The zero-order valence-electron chi connectivity index (χ0n) is 12.0. The van der Waals surface area contributed by atoms with E-state index in [1.807, 2.05) is 0 Å². The maximum atomic E-state index is 4.62. The number of hydrogen-bond acceptors (Lipinski definition) is 1. The molecule has 2 atom stereocenters. The second-order valence-electron chi connectivity index (χ2n) is 6.27. The van der Waals surface area contributed by atoms with Gasteiger partial charge in [-0.2, -0.15) is 0 Å². The molecule has 1 aromatic heterocycles. The fraction of sp³-hybridized carbons (Fsp3) is 0.688. The summed E-state index contributed by atoms with van der Waals surface area (Å²) in [5.74, 6) is 2.74. The van der Waals surface area contributed by atoms with Crippen molar-refractivity contribution in [3.05, 3.63) is 28.6 Å². The van der Waals surface area contributed by atoms with E-state index in [9.17, 15) is 0 Å². The number of fused-ring (bicyclic) bond motifs is 1. The van der Waals surface area contributed by atoms with E-state index in [1.165, 1.54) is 17.7 Å². The second kappa shape index (κ2) is 4.44. The van der Waals surface area contributed by atoms with Crippen LogP contribution in [0.25, 0.3) is 0 Å². The van der Waals surface area contributed by atoms with E-state index in [0.717, 1.165) is 11.8 Å². The number of aryl methyl sites for hydroxylation is 1. The number of pyridine rings is 1. The predicted molar refractivity (Wildman–Crippen MR) is 73.7 cm³/mol. The average molecular weight is 231 g/mol. The SMILES string of the molecule is Cc1ncc(C(C)C)c2c1[C@H](C)CC2C(C)C. The van der Waals surface area contributed by atoms with Crippen molar-refractivity contribution >= 4 is 0 Å². The van der Waals surface area contributed by atoms with E-state index >= 15 is 0 Å². The molecule has 0 N–H and O–H groups in total. The Balaban J connectivity index is 2.63. The van der Waals surface area contributed by atoms with Crippen LogP contribution in [-0.4, -0.2) is 4.98 Å². The number of hydrogen-bond donors (Lipinski definition) is 0. The van der Waals surface area contributed by atoms with Crippen molar-refractivity contribution in [2.45, 2.75) is 65.7 Å². The Labute approximate surface area is 106 Å². The molecule has 0 bridgehead atoms. The van der Waals surface area contributed by atoms with E-state index < -0.39 is 0 Å². The Morgan fingerprint density at radius 2 is 1.82 bits per heavy atom. The molecule has 0 aromatic carbocycles. The lowest BCUT2D eigenvalue weighted by molar-refractivity contribution is 0.472. The molecule has 1 nitrogen and oxygen atoms in total. The molecule has 1 unspecified atom stereocenters. The zero-order valence-corrected chi connectivity index (χ0v) is 12.0. The second-order valence-corrected chi connectivity index (χ2v) is 6.27. The smallest absolute Gasteiger partial charge is 0.0410 e. The Hall–Kier alpha value is -0.850. The first kappa shape index (κ1) is 12.6. The topological polar surface area (TPSA) is 12.9 Å². The first-order valence-electron chi connectivity index (χ1n) is 6.92. The number of aromatic nitrogens is 1. The largest absolute Gasteiger partial charge is 0.261 e. The average Bonchev–Trinajstić information content (AvgIpc) is 2.57. The summed E-state index contributed by atoms with van der Waals surface area (Å²) >= 11 is 0. The molecule has 2 rings (SSSR count). The van der Waals surface area contributed by atoms with Crippen LogP contribution in [0.2, 0.25) is 0 Å². The van der Waals surface area contributed by atoms with Crippen LogP contribution in [0, 0.1) is 12.8 Å². The molecule has 1 aliphatic rings. The van der Waals surface area contributed by atoms with Gasteiger partial charge in [0.2, 0.25) is 0 Å². The summed E-state index contributed by atoms with van der Waals surface area (Å²) in [6.07, 6.45) is 3.42. The van der Waals surface area contributed by atoms with Crippen molar-refractivity contribution in [1.29, 1.82) is 0 Å². The molecule has 1 heterocycles. The molecule has 94 valence electrons. The van der Waals surface area contributed by atoms with Gasteiger partial charge in [-0.1, -0.05) is 34.6 Å². The van der Waals surface area contributed by atoms with Crippen molar-refractivity contribution in [3.8, 4) is 0 Å². The third-order valence-corrected chi connectivity index (χ3v) is 4.29. The molecule has 0 fully saturated rings. The molecule has 1 heteroatoms. The third kappa shape index (κ3) is 2.00. The fourth-order valence-electron chi connectivity index (χ4n) is 3.37. The highest BCUT2D eigenvalue weighted by Crippen LogP contribution is 2.48. The standard InChI is InChI=1S/C16H25N/c1-9(2)13-7-11(5)15-12(6)17-8-14(10(3)4)16(13)15/h8-11,13H,7H2,1-6H3/t11-,13?/m1/s1. The van der Waals surface area contributed by atoms with E-state index in [4.69, 9.17) is 0 Å². The van der Waals surface area contributed by atoms with Crippen LogP contribution in [0.4, 0.5) is 0 Å². The van der Waals surface area contributed by atoms with Crippen molar-refractivity contribution in [2.24, 2.45) is 5.92 Å². The van der Waals surface area contributed by atoms with Crippen LogP contribution in [0.15, 0.2) is 6.20 Å². The summed E-state index contributed by atoms with van der Waals surface area (Å²) in [5.41, 5.74) is 5.92. The van der Waals surface area contributed by atoms with Crippen LogP contribution in [0.1, 0.15) is 81.2 Å². The Kier molecular flexibility index (Phi) is 3.29. The van der Waals surface area contributed by atoms with Gasteiger partial charge in [0.05, 0.1) is 0 Å². The van der Waals surface area contributed by atoms with Crippen LogP contribution >= 0.6 is 0 Å². The van der Waals surface area contributed by atoms with E-state index in [-0.39, 0.29) is 0 Å². The molecule has 1 aromatic rings. The van der Waals surface area contributed by atoms with Crippen LogP contribution in [0.5, 0.6) is 0 Å². The molecule has 1 aliphatic carbocycles. The summed E-state index contributed by atoms with van der Waals surface area (Å²) in [7, 11) is 0. The Morgan fingerprint density at radius 3 is 2.35 bits per heavy atom. The molecule has 0 spiro atoms. The lowest BCUT2D eigenvalue weighted by Crippen LogP contribution is -2.08. The van der Waals surface area contributed by atoms with Crippen LogP contribution < -0.4 is 0 Å². The zero-order chi connectivity index (χ0) is 12.7. The minimum atomic E-state index is 0.586. The normalized spacial score (nSPS) is 23.5. The summed E-state index contributed by atoms with van der Waals surface area (Å²) < 4.78 is 0. The first-order valence-corrected chi connectivity index (χ1v) is 6.92. The van der Waals surface area contributed by atoms with E-state index in [0.29, 0.717) is 11.8 Å². The van der Waals surface area contributed by atoms with Crippen molar-refractivity contribution in [3.63, 3.8) is 0 Å². The van der Waals surface area contributed by atoms with Gasteiger partial charge < -0.3 is 0 Å². The molecule has 0 aliphatic heterocycles. The van der Waals surface area contributed by atoms with Crippen LogP contribution in [-0.2, 0) is 0 Å². The molecule has 0 saturated heterocycles. The summed E-state index contributed by atoms with van der Waals surface area (Å²) in [6.45, 7) is 13.8. The quantitative estimate of drug-likeness (QED) is 0.715. The molecular weight excluding hydrogens is 206 g/mol. The molecule has 0 amide bonds. The van der Waals surface area contributed by atoms with Crippen molar-refractivity contribution in [2.75, 3.05) is 0 Å². The lowest BCUT2D eigenvalue weighted by Gasteiger charge is -2.21. The molecule has 17 heavy (non-hydrogen) atoms. The van der Waals surface area contributed by atoms with Gasteiger partial charge in [0.25, 0.3) is 0 Å². The van der Waals surface area contributed by atoms with Gasteiger partial charge in [-0.3, -0.25) is 4.98 Å². The van der Waals surface area contributed by atoms with Gasteiger partial charge in [0.1, 0.15) is 0 Å². The van der Waals surface area contributed by atoms with Gasteiger partial charge in [-0.25, -0.2) is 0 Å². The Morgan fingerprint density at radius 1 is 1.18 bits per heavy atom. The number of nitrogens with zero attached hydrogens (tertiary/aromatic N) is 1. The van der Waals surface area contributed by atoms with Crippen molar-refractivity contribution in [1.82, 2.24) is 4.98 Å². The van der Waals surface area contributed by atoms with Gasteiger partial charge >= 0.3 is 0 Å². The van der Waals surface area contributed by atoms with Gasteiger partial charge in [-0.15, -0.1) is 0 Å². The van der Waals surface area contributed by atoms with Gasteiger partial charge in [0.15, 0.2) is 0 Å². The summed E-state index contributed by atoms with van der Waals surface area (Å²) in [6, 6.07) is 0. The fourth-order valence-corrected chi connectivity index (χ4v) is 3.37. The van der Waals surface area contributed by atoms with E-state index in [2.05, 4.69) is 52.7 Å². The van der Waals surface area contributed by atoms with E-state index in [1.54, 1.807) is 11.1 Å².